The Bertz CT molecular complexity index is 365. The van der Waals surface area contributed by atoms with Gasteiger partial charge in [-0.3, -0.25) is 0 Å². The Morgan fingerprint density at radius 2 is 1.47 bits per heavy atom. The van der Waals surface area contributed by atoms with Gasteiger partial charge in [-0.1, -0.05) is 45.0 Å². The number of rotatable bonds is 7. The molecule has 0 heterocycles. The summed E-state index contributed by atoms with van der Waals surface area (Å²) < 4.78 is 0. The number of aryl methyl sites for hydroxylation is 1. The quantitative estimate of drug-likeness (QED) is 0.816. The fourth-order valence-corrected chi connectivity index (χ4v) is 2.98. The van der Waals surface area contributed by atoms with Crippen molar-refractivity contribution in [3.05, 3.63) is 35.4 Å². The van der Waals surface area contributed by atoms with Gasteiger partial charge in [0.15, 0.2) is 0 Å². The molecular weight excluding hydrogens is 234 g/mol. The standard InChI is InChI=1S/C17H29NO/c1-6-14-9-11-15(12-10-14)13-16(19)17(7-2,8-3)18(4)5/h9-12,16,19H,6-8,13H2,1-5H3. The van der Waals surface area contributed by atoms with E-state index in [-0.39, 0.29) is 11.6 Å². The average Bonchev–Trinajstić information content (AvgIpc) is 2.41. The molecule has 1 rings (SSSR count). The molecule has 0 bridgehead atoms. The minimum absolute atomic E-state index is 0.122. The first-order valence-electron chi connectivity index (χ1n) is 7.43. The largest absolute Gasteiger partial charge is 0.391 e. The Morgan fingerprint density at radius 1 is 1.00 bits per heavy atom. The van der Waals surface area contributed by atoms with Gasteiger partial charge in [0.1, 0.15) is 0 Å². The van der Waals surface area contributed by atoms with Crippen LogP contribution >= 0.6 is 0 Å². The zero-order chi connectivity index (χ0) is 14.5. The predicted octanol–water partition coefficient (Wildman–Crippen LogP) is 3.27. The monoisotopic (exact) mass is 263 g/mol. The van der Waals surface area contributed by atoms with E-state index in [1.54, 1.807) is 0 Å². The molecule has 0 saturated carbocycles. The smallest absolute Gasteiger partial charge is 0.0763 e. The molecule has 0 saturated heterocycles. The Hall–Kier alpha value is -0.860. The minimum Gasteiger partial charge on any atom is -0.391 e. The van der Waals surface area contributed by atoms with Gasteiger partial charge in [-0.2, -0.15) is 0 Å². The van der Waals surface area contributed by atoms with E-state index >= 15 is 0 Å². The van der Waals surface area contributed by atoms with Gasteiger partial charge in [0.25, 0.3) is 0 Å². The Morgan fingerprint density at radius 3 is 1.84 bits per heavy atom. The van der Waals surface area contributed by atoms with Crippen LogP contribution < -0.4 is 0 Å². The van der Waals surface area contributed by atoms with Gasteiger partial charge in [0.2, 0.25) is 0 Å². The summed E-state index contributed by atoms with van der Waals surface area (Å²) in [5.74, 6) is 0. The lowest BCUT2D eigenvalue weighted by atomic mass is 9.82. The highest BCUT2D eigenvalue weighted by Crippen LogP contribution is 2.28. The molecular formula is C17H29NO. The molecule has 1 unspecified atom stereocenters. The summed E-state index contributed by atoms with van der Waals surface area (Å²) in [5.41, 5.74) is 2.45. The summed E-state index contributed by atoms with van der Waals surface area (Å²) >= 11 is 0. The van der Waals surface area contributed by atoms with Crippen molar-refractivity contribution in [1.82, 2.24) is 4.90 Å². The molecule has 19 heavy (non-hydrogen) atoms. The summed E-state index contributed by atoms with van der Waals surface area (Å²) in [6.07, 6.45) is 3.39. The molecule has 1 atom stereocenters. The molecule has 0 aromatic heterocycles. The van der Waals surface area contributed by atoms with Crippen molar-refractivity contribution in [2.24, 2.45) is 0 Å². The number of hydrogen-bond donors (Lipinski definition) is 1. The van der Waals surface area contributed by atoms with Gasteiger partial charge in [-0.15, -0.1) is 0 Å². The van der Waals surface area contributed by atoms with E-state index in [0.29, 0.717) is 0 Å². The second kappa shape index (κ2) is 7.06. The molecule has 108 valence electrons. The normalized spacial score (nSPS) is 13.8. The Balaban J connectivity index is 2.83. The number of hydrogen-bond acceptors (Lipinski definition) is 2. The maximum atomic E-state index is 10.7. The Labute approximate surface area is 118 Å². The average molecular weight is 263 g/mol. The third kappa shape index (κ3) is 3.58. The van der Waals surface area contributed by atoms with E-state index < -0.39 is 0 Å². The highest BCUT2D eigenvalue weighted by atomic mass is 16.3. The number of likely N-dealkylation sites (N-methyl/N-ethyl adjacent to an activating group) is 1. The fraction of sp³-hybridized carbons (Fsp3) is 0.647. The van der Waals surface area contributed by atoms with Crippen molar-refractivity contribution >= 4 is 0 Å². The SMILES string of the molecule is CCc1ccc(CC(O)C(CC)(CC)N(C)C)cc1. The molecule has 2 heteroatoms. The van der Waals surface area contributed by atoms with Gasteiger partial charge < -0.3 is 10.0 Å². The molecule has 0 radical (unpaired) electrons. The maximum absolute atomic E-state index is 10.7. The van der Waals surface area contributed by atoms with Crippen LogP contribution in [0.25, 0.3) is 0 Å². The first kappa shape index (κ1) is 16.2. The second-order valence-corrected chi connectivity index (χ2v) is 5.60. The highest BCUT2D eigenvalue weighted by Gasteiger charge is 2.36. The van der Waals surface area contributed by atoms with Gasteiger partial charge in [0, 0.05) is 12.0 Å². The molecule has 1 N–H and O–H groups in total. The van der Waals surface area contributed by atoms with Gasteiger partial charge in [-0.25, -0.2) is 0 Å². The molecule has 1 aromatic rings. The number of nitrogens with zero attached hydrogens (tertiary/aromatic N) is 1. The van der Waals surface area contributed by atoms with Crippen LogP contribution in [0.1, 0.15) is 44.7 Å². The lowest BCUT2D eigenvalue weighted by Crippen LogP contribution is -2.53. The van der Waals surface area contributed by atoms with Crippen LogP contribution in [-0.2, 0) is 12.8 Å². The van der Waals surface area contributed by atoms with Crippen LogP contribution in [0.15, 0.2) is 24.3 Å². The second-order valence-electron chi connectivity index (χ2n) is 5.60. The van der Waals surface area contributed by atoms with Crippen LogP contribution in [0.3, 0.4) is 0 Å². The molecule has 2 nitrogen and oxygen atoms in total. The highest BCUT2D eigenvalue weighted by molar-refractivity contribution is 5.23. The lowest BCUT2D eigenvalue weighted by Gasteiger charge is -2.42. The van der Waals surface area contributed by atoms with Gasteiger partial charge in [-0.05, 0) is 44.5 Å². The maximum Gasteiger partial charge on any atom is 0.0763 e. The van der Waals surface area contributed by atoms with Crippen molar-refractivity contribution in [2.45, 2.75) is 58.1 Å². The third-order valence-corrected chi connectivity index (χ3v) is 4.60. The summed E-state index contributed by atoms with van der Waals surface area (Å²) in [6.45, 7) is 6.48. The molecule has 1 aromatic carbocycles. The van der Waals surface area contributed by atoms with Crippen LogP contribution in [0.5, 0.6) is 0 Å². The fourth-order valence-electron chi connectivity index (χ4n) is 2.98. The van der Waals surface area contributed by atoms with Gasteiger partial charge in [0.05, 0.1) is 6.10 Å². The van der Waals surface area contributed by atoms with Crippen molar-refractivity contribution in [3.63, 3.8) is 0 Å². The molecule has 0 aliphatic rings. The van der Waals surface area contributed by atoms with Crippen LogP contribution in [0.4, 0.5) is 0 Å². The Kier molecular flexibility index (Phi) is 6.02. The van der Waals surface area contributed by atoms with E-state index in [4.69, 9.17) is 0 Å². The summed E-state index contributed by atoms with van der Waals surface area (Å²) in [6, 6.07) is 8.62. The summed E-state index contributed by atoms with van der Waals surface area (Å²) in [5, 5.41) is 10.7. The molecule has 0 amide bonds. The topological polar surface area (TPSA) is 23.5 Å². The molecule has 0 spiro atoms. The zero-order valence-corrected chi connectivity index (χ0v) is 13.1. The molecule has 0 aliphatic heterocycles. The predicted molar refractivity (Wildman–Crippen MR) is 82.5 cm³/mol. The third-order valence-electron chi connectivity index (χ3n) is 4.60. The van der Waals surface area contributed by atoms with Crippen LogP contribution in [0, 0.1) is 0 Å². The number of aliphatic hydroxyl groups excluding tert-OH is 1. The number of benzene rings is 1. The minimum atomic E-state index is -0.329. The van der Waals surface area contributed by atoms with Crippen LogP contribution in [-0.4, -0.2) is 35.7 Å². The first-order chi connectivity index (χ1) is 9.00. The first-order valence-corrected chi connectivity index (χ1v) is 7.43. The van der Waals surface area contributed by atoms with Crippen molar-refractivity contribution in [2.75, 3.05) is 14.1 Å². The molecule has 0 aliphatic carbocycles. The molecule has 0 fully saturated rings. The van der Waals surface area contributed by atoms with Gasteiger partial charge >= 0.3 is 0 Å². The summed E-state index contributed by atoms with van der Waals surface area (Å²) in [4.78, 5) is 2.18. The van der Waals surface area contributed by atoms with Crippen molar-refractivity contribution in [3.8, 4) is 0 Å². The summed E-state index contributed by atoms with van der Waals surface area (Å²) in [7, 11) is 4.13. The van der Waals surface area contributed by atoms with Crippen LogP contribution in [0.2, 0.25) is 0 Å². The lowest BCUT2D eigenvalue weighted by molar-refractivity contribution is -0.0125. The van der Waals surface area contributed by atoms with E-state index in [1.165, 1.54) is 11.1 Å². The van der Waals surface area contributed by atoms with Crippen molar-refractivity contribution in [1.29, 1.82) is 0 Å². The van der Waals surface area contributed by atoms with E-state index in [2.05, 4.69) is 64.0 Å². The van der Waals surface area contributed by atoms with Crippen molar-refractivity contribution < 1.29 is 5.11 Å². The van der Waals surface area contributed by atoms with E-state index in [1.807, 2.05) is 0 Å². The number of aliphatic hydroxyl groups is 1. The zero-order valence-electron chi connectivity index (χ0n) is 13.1. The van der Waals surface area contributed by atoms with E-state index in [9.17, 15) is 5.11 Å². The van der Waals surface area contributed by atoms with E-state index in [0.717, 1.165) is 25.7 Å².